The van der Waals surface area contributed by atoms with Crippen LogP contribution in [0, 0.1) is 12.8 Å². The van der Waals surface area contributed by atoms with Crippen LogP contribution in [0.15, 0.2) is 41.1 Å². The van der Waals surface area contributed by atoms with E-state index in [0.29, 0.717) is 18.6 Å². The number of morpholine rings is 1. The zero-order valence-electron chi connectivity index (χ0n) is 14.8. The minimum Gasteiger partial charge on any atom is -0.465 e. The maximum Gasteiger partial charge on any atom is 0.118 e. The Morgan fingerprint density at radius 1 is 1.28 bits per heavy atom. The van der Waals surface area contributed by atoms with E-state index in [-0.39, 0.29) is 6.10 Å². The number of furan rings is 1. The molecule has 5 nitrogen and oxygen atoms in total. The topological polar surface area (TPSA) is 47.7 Å². The molecular formula is C20H26N2O3. The first-order valence-corrected chi connectivity index (χ1v) is 9.17. The molecule has 0 bridgehead atoms. The van der Waals surface area contributed by atoms with Gasteiger partial charge in [-0.3, -0.25) is 9.88 Å². The molecule has 2 aliphatic rings. The van der Waals surface area contributed by atoms with Gasteiger partial charge < -0.3 is 13.9 Å². The number of aryl methyl sites for hydroxylation is 1. The van der Waals surface area contributed by atoms with Gasteiger partial charge in [-0.15, -0.1) is 0 Å². The van der Waals surface area contributed by atoms with Crippen LogP contribution in [-0.2, 0) is 22.6 Å². The smallest absolute Gasteiger partial charge is 0.118 e. The van der Waals surface area contributed by atoms with E-state index in [9.17, 15) is 0 Å². The summed E-state index contributed by atoms with van der Waals surface area (Å²) in [7, 11) is 0. The summed E-state index contributed by atoms with van der Waals surface area (Å²) >= 11 is 0. The van der Waals surface area contributed by atoms with Crippen molar-refractivity contribution in [3.05, 3.63) is 53.7 Å². The Bertz CT molecular complexity index is 673. The predicted molar refractivity (Wildman–Crippen MR) is 94.0 cm³/mol. The fourth-order valence-corrected chi connectivity index (χ4v) is 4.09. The Morgan fingerprint density at radius 2 is 2.24 bits per heavy atom. The third-order valence-corrected chi connectivity index (χ3v) is 5.31. The van der Waals surface area contributed by atoms with E-state index in [4.69, 9.17) is 13.9 Å². The highest BCUT2D eigenvalue weighted by Crippen LogP contribution is 2.35. The molecule has 134 valence electrons. The predicted octanol–water partition coefficient (Wildman–Crippen LogP) is 3.18. The van der Waals surface area contributed by atoms with Crippen molar-refractivity contribution < 1.29 is 13.9 Å². The molecule has 0 amide bonds. The number of fused-ring (bicyclic) bond motifs is 1. The lowest BCUT2D eigenvalue weighted by molar-refractivity contribution is -0.0904. The second kappa shape index (κ2) is 7.68. The van der Waals surface area contributed by atoms with Gasteiger partial charge >= 0.3 is 0 Å². The van der Waals surface area contributed by atoms with E-state index in [0.717, 1.165) is 49.8 Å². The lowest BCUT2D eigenvalue weighted by Crippen LogP contribution is -2.50. The lowest BCUT2D eigenvalue weighted by Gasteiger charge is -2.38. The van der Waals surface area contributed by atoms with Crippen LogP contribution in [0.1, 0.15) is 29.9 Å². The molecule has 2 fully saturated rings. The van der Waals surface area contributed by atoms with Crippen molar-refractivity contribution in [1.82, 2.24) is 9.88 Å². The molecule has 0 radical (unpaired) electrons. The van der Waals surface area contributed by atoms with Gasteiger partial charge in [0.25, 0.3) is 0 Å². The molecule has 5 heteroatoms. The summed E-state index contributed by atoms with van der Waals surface area (Å²) in [5, 5.41) is 0. The van der Waals surface area contributed by atoms with Gasteiger partial charge in [-0.05, 0) is 43.5 Å². The van der Waals surface area contributed by atoms with Gasteiger partial charge in [-0.1, -0.05) is 6.07 Å². The first kappa shape index (κ1) is 16.8. The molecule has 1 aliphatic carbocycles. The monoisotopic (exact) mass is 342 g/mol. The molecule has 0 N–H and O–H groups in total. The third-order valence-electron chi connectivity index (χ3n) is 5.31. The highest BCUT2D eigenvalue weighted by Gasteiger charge is 2.42. The Balaban J connectivity index is 1.31. The standard InChI is InChI=1S/C20H26N2O3/c1-15-4-6-18(25-15)12-22-9-10-24-20-17(5-7-19(20)22)14-23-13-16-3-2-8-21-11-16/h2-4,6,8,11,17,19-20H,5,7,9-10,12-14H2,1H3/t17-,19-,20+/m0/s1. The molecule has 0 spiro atoms. The number of rotatable bonds is 6. The molecule has 0 unspecified atom stereocenters. The largest absolute Gasteiger partial charge is 0.465 e. The number of aromatic nitrogens is 1. The molecule has 3 atom stereocenters. The number of nitrogens with zero attached hydrogens (tertiary/aromatic N) is 2. The lowest BCUT2D eigenvalue weighted by atomic mass is 10.0. The van der Waals surface area contributed by atoms with E-state index in [1.807, 2.05) is 25.3 Å². The zero-order chi connectivity index (χ0) is 17.1. The normalized spacial score (nSPS) is 26.7. The van der Waals surface area contributed by atoms with E-state index >= 15 is 0 Å². The second-order valence-corrected chi connectivity index (χ2v) is 7.10. The summed E-state index contributed by atoms with van der Waals surface area (Å²) < 4.78 is 17.8. The minimum absolute atomic E-state index is 0.277. The zero-order valence-corrected chi connectivity index (χ0v) is 14.8. The van der Waals surface area contributed by atoms with Crippen LogP contribution in [0.5, 0.6) is 0 Å². The quantitative estimate of drug-likeness (QED) is 0.807. The number of hydrogen-bond donors (Lipinski definition) is 0. The molecule has 25 heavy (non-hydrogen) atoms. The van der Waals surface area contributed by atoms with Crippen LogP contribution in [0.2, 0.25) is 0 Å². The molecule has 1 saturated heterocycles. The molecule has 1 saturated carbocycles. The molecule has 1 aliphatic heterocycles. The fraction of sp³-hybridized carbons (Fsp3) is 0.550. The summed E-state index contributed by atoms with van der Waals surface area (Å²) in [6.45, 7) is 6.02. The Hall–Kier alpha value is -1.69. The van der Waals surface area contributed by atoms with Gasteiger partial charge in [0, 0.05) is 30.9 Å². The average molecular weight is 342 g/mol. The van der Waals surface area contributed by atoms with Gasteiger partial charge in [0.2, 0.25) is 0 Å². The molecule has 4 rings (SSSR count). The highest BCUT2D eigenvalue weighted by atomic mass is 16.5. The van der Waals surface area contributed by atoms with Crippen LogP contribution in [0.3, 0.4) is 0 Å². The summed E-state index contributed by atoms with van der Waals surface area (Å²) in [6, 6.07) is 8.60. The van der Waals surface area contributed by atoms with E-state index < -0.39 is 0 Å². The van der Waals surface area contributed by atoms with Crippen LogP contribution >= 0.6 is 0 Å². The molecule has 0 aromatic carbocycles. The van der Waals surface area contributed by atoms with Crippen LogP contribution in [0.4, 0.5) is 0 Å². The van der Waals surface area contributed by atoms with Crippen molar-refractivity contribution in [2.75, 3.05) is 19.8 Å². The van der Waals surface area contributed by atoms with Gasteiger partial charge in [0.15, 0.2) is 0 Å². The summed E-state index contributed by atoms with van der Waals surface area (Å²) in [4.78, 5) is 6.65. The summed E-state index contributed by atoms with van der Waals surface area (Å²) in [5.74, 6) is 2.50. The Labute approximate surface area is 148 Å². The molecule has 2 aromatic heterocycles. The van der Waals surface area contributed by atoms with Gasteiger partial charge in [0.1, 0.15) is 11.5 Å². The van der Waals surface area contributed by atoms with Crippen molar-refractivity contribution >= 4 is 0 Å². The molecule has 3 heterocycles. The van der Waals surface area contributed by atoms with Crippen LogP contribution < -0.4 is 0 Å². The summed E-state index contributed by atoms with van der Waals surface area (Å²) in [6.07, 6.45) is 6.26. The maximum atomic E-state index is 6.13. The summed E-state index contributed by atoms with van der Waals surface area (Å²) in [5.41, 5.74) is 1.12. The maximum absolute atomic E-state index is 6.13. The van der Waals surface area contributed by atoms with Crippen LogP contribution in [0.25, 0.3) is 0 Å². The van der Waals surface area contributed by atoms with E-state index in [1.165, 1.54) is 6.42 Å². The van der Waals surface area contributed by atoms with Crippen molar-refractivity contribution in [3.8, 4) is 0 Å². The van der Waals surface area contributed by atoms with Gasteiger partial charge in [-0.25, -0.2) is 0 Å². The first-order valence-electron chi connectivity index (χ1n) is 9.17. The SMILES string of the molecule is Cc1ccc(CN2CCO[C@@H]3[C@H](COCc4cccnc4)CC[C@@H]32)o1. The van der Waals surface area contributed by atoms with Gasteiger partial charge in [0.05, 0.1) is 32.5 Å². The number of pyridine rings is 1. The van der Waals surface area contributed by atoms with Crippen molar-refractivity contribution in [1.29, 1.82) is 0 Å². The average Bonchev–Trinajstić information content (AvgIpc) is 3.23. The van der Waals surface area contributed by atoms with Gasteiger partial charge in [-0.2, -0.15) is 0 Å². The molecular weight excluding hydrogens is 316 g/mol. The number of ether oxygens (including phenoxy) is 2. The van der Waals surface area contributed by atoms with E-state index in [2.05, 4.69) is 22.0 Å². The van der Waals surface area contributed by atoms with E-state index in [1.54, 1.807) is 6.20 Å². The number of hydrogen-bond acceptors (Lipinski definition) is 5. The Kier molecular flexibility index (Phi) is 5.15. The fourth-order valence-electron chi connectivity index (χ4n) is 4.09. The Morgan fingerprint density at radius 3 is 3.04 bits per heavy atom. The minimum atomic E-state index is 0.277. The highest BCUT2D eigenvalue weighted by molar-refractivity contribution is 5.08. The van der Waals surface area contributed by atoms with Crippen LogP contribution in [-0.4, -0.2) is 41.8 Å². The molecule has 2 aromatic rings. The van der Waals surface area contributed by atoms with Crippen molar-refractivity contribution in [2.24, 2.45) is 5.92 Å². The first-order chi connectivity index (χ1) is 12.3. The third kappa shape index (κ3) is 3.94. The van der Waals surface area contributed by atoms with Crippen molar-refractivity contribution in [3.63, 3.8) is 0 Å². The van der Waals surface area contributed by atoms with Crippen molar-refractivity contribution in [2.45, 2.75) is 45.1 Å². The second-order valence-electron chi connectivity index (χ2n) is 7.10.